The zero-order valence-corrected chi connectivity index (χ0v) is 19.0. The average molecular weight is 463 g/mol. The molecule has 11 heteroatoms. The molecule has 4 heterocycles. The van der Waals surface area contributed by atoms with Crippen molar-refractivity contribution in [3.05, 3.63) is 54.6 Å². The van der Waals surface area contributed by atoms with Crippen molar-refractivity contribution in [3.63, 3.8) is 0 Å². The van der Waals surface area contributed by atoms with Gasteiger partial charge in [0, 0.05) is 31.4 Å². The van der Waals surface area contributed by atoms with Crippen molar-refractivity contribution in [2.24, 2.45) is 0 Å². The van der Waals surface area contributed by atoms with Crippen LogP contribution in [-0.4, -0.2) is 68.5 Å². The van der Waals surface area contributed by atoms with Crippen molar-refractivity contribution in [2.45, 2.75) is 18.9 Å². The number of nitrogens with one attached hydrogen (secondary N) is 2. The zero-order chi connectivity index (χ0) is 23.7. The highest BCUT2D eigenvalue weighted by atomic mass is 16.5. The number of rotatable bonds is 7. The molecular weight excluding hydrogens is 436 g/mol. The number of anilines is 3. The summed E-state index contributed by atoms with van der Waals surface area (Å²) in [5.74, 6) is 2.12. The minimum Gasteiger partial charge on any atom is -0.497 e. The van der Waals surface area contributed by atoms with E-state index < -0.39 is 0 Å². The molecule has 0 saturated carbocycles. The van der Waals surface area contributed by atoms with Crippen molar-refractivity contribution >= 4 is 29.0 Å². The zero-order valence-electron chi connectivity index (χ0n) is 19.0. The number of aromatic nitrogens is 5. The number of amides is 1. The third-order valence-corrected chi connectivity index (χ3v) is 5.97. The molecule has 1 aliphatic heterocycles. The number of carbonyl (C=O) groups excluding carboxylic acids is 1. The third kappa shape index (κ3) is 4.01. The maximum absolute atomic E-state index is 12.2. The smallest absolute Gasteiger partial charge is 0.251 e. The quantitative estimate of drug-likeness (QED) is 0.381. The van der Waals surface area contributed by atoms with Crippen molar-refractivity contribution in [3.8, 4) is 11.4 Å². The Hall–Kier alpha value is -4.12. The Kier molecular flexibility index (Phi) is 5.76. The Morgan fingerprint density at radius 3 is 3.00 bits per heavy atom. The molecule has 0 bridgehead atoms. The molecule has 0 aliphatic carbocycles. The Balaban J connectivity index is 1.47. The lowest BCUT2D eigenvalue weighted by Gasteiger charge is -2.23. The van der Waals surface area contributed by atoms with Gasteiger partial charge < -0.3 is 29.9 Å². The van der Waals surface area contributed by atoms with Crippen LogP contribution in [0.4, 0.5) is 17.6 Å². The van der Waals surface area contributed by atoms with Gasteiger partial charge >= 0.3 is 0 Å². The molecule has 1 aliphatic rings. The van der Waals surface area contributed by atoms with Gasteiger partial charge in [-0.2, -0.15) is 4.98 Å². The van der Waals surface area contributed by atoms with Crippen LogP contribution >= 0.6 is 0 Å². The number of methoxy groups -OCH3 is 1. The summed E-state index contributed by atoms with van der Waals surface area (Å²) < 4.78 is 8.93. The molecule has 1 aromatic carbocycles. The van der Waals surface area contributed by atoms with Crippen LogP contribution in [0.2, 0.25) is 0 Å². The number of hydrogen-bond donors (Lipinski definition) is 3. The molecule has 0 spiro atoms. The number of nitrogens with zero attached hydrogens (tertiary/aromatic N) is 6. The highest BCUT2D eigenvalue weighted by Gasteiger charge is 2.27. The summed E-state index contributed by atoms with van der Waals surface area (Å²) in [7, 11) is 3.15. The summed E-state index contributed by atoms with van der Waals surface area (Å²) in [6.45, 7) is 0.869. The van der Waals surface area contributed by atoms with Crippen molar-refractivity contribution < 1.29 is 14.6 Å². The average Bonchev–Trinajstić information content (AvgIpc) is 3.63. The number of imidazole rings is 1. The van der Waals surface area contributed by atoms with Crippen LogP contribution in [0.3, 0.4) is 0 Å². The summed E-state index contributed by atoms with van der Waals surface area (Å²) in [4.78, 5) is 23.4. The number of hydrogen-bond acceptors (Lipinski definition) is 8. The fraction of sp³-hybridized carbons (Fsp3) is 0.304. The number of aliphatic hydroxyl groups excluding tert-OH is 1. The lowest BCUT2D eigenvalue weighted by Crippen LogP contribution is -2.34. The molecule has 1 atom stereocenters. The normalized spacial score (nSPS) is 15.6. The summed E-state index contributed by atoms with van der Waals surface area (Å²) in [5, 5.41) is 20.3. The van der Waals surface area contributed by atoms with Crippen LogP contribution in [0.15, 0.2) is 49.1 Å². The van der Waals surface area contributed by atoms with Crippen molar-refractivity contribution in [1.82, 2.24) is 29.5 Å². The molecule has 176 valence electrons. The van der Waals surface area contributed by atoms with Crippen LogP contribution in [0.1, 0.15) is 23.2 Å². The largest absolute Gasteiger partial charge is 0.497 e. The maximum atomic E-state index is 12.2. The number of aliphatic hydroxyl groups is 1. The van der Waals surface area contributed by atoms with E-state index in [1.54, 1.807) is 41.7 Å². The fourth-order valence-corrected chi connectivity index (χ4v) is 4.20. The first kappa shape index (κ1) is 21.7. The van der Waals surface area contributed by atoms with E-state index in [1.807, 2.05) is 35.5 Å². The molecular formula is C23H26N8O3. The van der Waals surface area contributed by atoms with Crippen LogP contribution in [-0.2, 0) is 0 Å². The van der Waals surface area contributed by atoms with Crippen LogP contribution < -0.4 is 20.3 Å². The van der Waals surface area contributed by atoms with Crippen molar-refractivity contribution in [2.75, 3.05) is 37.5 Å². The predicted octanol–water partition coefficient (Wildman–Crippen LogP) is 1.99. The molecule has 4 aromatic rings. The topological polar surface area (TPSA) is 122 Å². The van der Waals surface area contributed by atoms with Gasteiger partial charge in [-0.15, -0.1) is 5.10 Å². The first-order valence-corrected chi connectivity index (χ1v) is 11.0. The van der Waals surface area contributed by atoms with E-state index in [0.29, 0.717) is 28.9 Å². The van der Waals surface area contributed by atoms with Crippen molar-refractivity contribution in [1.29, 1.82) is 0 Å². The lowest BCUT2D eigenvalue weighted by molar-refractivity contribution is 0.0962. The van der Waals surface area contributed by atoms with Gasteiger partial charge in [-0.3, -0.25) is 4.79 Å². The molecule has 11 nitrogen and oxygen atoms in total. The van der Waals surface area contributed by atoms with Crippen LogP contribution in [0, 0.1) is 0 Å². The van der Waals surface area contributed by atoms with Gasteiger partial charge in [0.05, 0.1) is 31.6 Å². The predicted molar refractivity (Wildman–Crippen MR) is 127 cm³/mol. The summed E-state index contributed by atoms with van der Waals surface area (Å²) in [6.07, 6.45) is 7.24. The SMILES string of the molecule is CNC(=O)c1cc(OC)cc(-n2cnc(Nc3nc(N4CCC[C@H]4CO)nn4cccc34)c2)c1. The molecule has 3 aromatic heterocycles. The second-order valence-electron chi connectivity index (χ2n) is 8.06. The Morgan fingerprint density at radius 1 is 1.32 bits per heavy atom. The minimum absolute atomic E-state index is 0.0163. The van der Waals surface area contributed by atoms with Gasteiger partial charge in [-0.05, 0) is 37.1 Å². The van der Waals surface area contributed by atoms with E-state index in [4.69, 9.17) is 9.72 Å². The van der Waals surface area contributed by atoms with Crippen LogP contribution in [0.5, 0.6) is 5.75 Å². The summed E-state index contributed by atoms with van der Waals surface area (Å²) >= 11 is 0. The molecule has 0 radical (unpaired) electrons. The van der Waals surface area contributed by atoms with E-state index >= 15 is 0 Å². The van der Waals surface area contributed by atoms with Crippen LogP contribution in [0.25, 0.3) is 11.2 Å². The molecule has 34 heavy (non-hydrogen) atoms. The number of ether oxygens (including phenoxy) is 1. The summed E-state index contributed by atoms with van der Waals surface area (Å²) in [6, 6.07) is 9.12. The highest BCUT2D eigenvalue weighted by Crippen LogP contribution is 2.27. The monoisotopic (exact) mass is 462 g/mol. The number of benzene rings is 1. The van der Waals surface area contributed by atoms with Gasteiger partial charge in [0.15, 0.2) is 5.82 Å². The van der Waals surface area contributed by atoms with E-state index in [9.17, 15) is 9.90 Å². The van der Waals surface area contributed by atoms with E-state index in [2.05, 4.69) is 20.7 Å². The summed E-state index contributed by atoms with van der Waals surface area (Å²) in [5.41, 5.74) is 2.03. The molecule has 0 unspecified atom stereocenters. The highest BCUT2D eigenvalue weighted by molar-refractivity contribution is 5.95. The molecule has 3 N–H and O–H groups in total. The third-order valence-electron chi connectivity index (χ3n) is 5.97. The van der Waals surface area contributed by atoms with Gasteiger partial charge in [0.2, 0.25) is 5.95 Å². The molecule has 1 saturated heterocycles. The number of fused-ring (bicyclic) bond motifs is 1. The fourth-order valence-electron chi connectivity index (χ4n) is 4.20. The second kappa shape index (κ2) is 9.02. The minimum atomic E-state index is -0.203. The Labute approximate surface area is 196 Å². The standard InChI is InChI=1S/C23H26N8O3/c1-24-22(33)15-9-17(11-18(10-15)34-2)29-12-20(25-14-29)26-21-19-6-4-8-31(19)28-23(27-21)30-7-3-5-16(30)13-32/h4,6,8-12,14,16,32H,3,5,7,13H2,1-2H3,(H,24,33)(H,26,27,28)/t16-/m0/s1. The molecule has 1 amide bonds. The van der Waals surface area contributed by atoms with Gasteiger partial charge in [-0.25, -0.2) is 9.50 Å². The molecule has 1 fully saturated rings. The van der Waals surface area contributed by atoms with E-state index in [-0.39, 0.29) is 18.6 Å². The Morgan fingerprint density at radius 2 is 2.21 bits per heavy atom. The maximum Gasteiger partial charge on any atom is 0.251 e. The van der Waals surface area contributed by atoms with Gasteiger partial charge in [-0.1, -0.05) is 0 Å². The lowest BCUT2D eigenvalue weighted by atomic mass is 10.1. The first-order valence-electron chi connectivity index (χ1n) is 11.0. The van der Waals surface area contributed by atoms with E-state index in [1.165, 1.54) is 0 Å². The van der Waals surface area contributed by atoms with Gasteiger partial charge in [0.25, 0.3) is 5.91 Å². The second-order valence-corrected chi connectivity index (χ2v) is 8.06. The first-order chi connectivity index (χ1) is 16.6. The number of carbonyl (C=O) groups is 1. The Bertz CT molecular complexity index is 1330. The van der Waals surface area contributed by atoms with E-state index in [0.717, 1.165) is 30.6 Å². The van der Waals surface area contributed by atoms with Gasteiger partial charge in [0.1, 0.15) is 23.4 Å². The molecule has 5 rings (SSSR count).